The molecule has 0 aliphatic heterocycles. The van der Waals surface area contributed by atoms with E-state index in [0.29, 0.717) is 45.8 Å². The molecule has 3 aromatic rings. The van der Waals surface area contributed by atoms with Crippen molar-refractivity contribution in [1.29, 1.82) is 0 Å². The average Bonchev–Trinajstić information content (AvgIpc) is 3.11. The number of methoxy groups -OCH3 is 3. The first-order chi connectivity index (χ1) is 15.2. The van der Waals surface area contributed by atoms with Crippen molar-refractivity contribution in [2.45, 2.75) is 32.4 Å². The number of carbonyl (C=O) groups is 1. The lowest BCUT2D eigenvalue weighted by Gasteiger charge is -2.17. The van der Waals surface area contributed by atoms with E-state index in [0.717, 1.165) is 11.6 Å². The van der Waals surface area contributed by atoms with Crippen molar-refractivity contribution in [1.82, 2.24) is 9.55 Å². The van der Waals surface area contributed by atoms with Gasteiger partial charge in [0.2, 0.25) is 11.5 Å². The molecule has 0 fully saturated rings. The van der Waals surface area contributed by atoms with Gasteiger partial charge in [0.05, 0.1) is 38.1 Å². The molecule has 0 bridgehead atoms. The van der Waals surface area contributed by atoms with Crippen molar-refractivity contribution in [3.8, 4) is 17.2 Å². The number of hydrogen-bond acceptors (Lipinski definition) is 6. The molecule has 0 saturated carbocycles. The van der Waals surface area contributed by atoms with Crippen LogP contribution in [0.25, 0.3) is 11.0 Å². The Morgan fingerprint density at radius 2 is 1.69 bits per heavy atom. The van der Waals surface area contributed by atoms with Crippen LogP contribution in [0.4, 0.5) is 0 Å². The van der Waals surface area contributed by atoms with E-state index in [1.165, 1.54) is 21.3 Å². The smallest absolute Gasteiger partial charge is 0.209 e. The zero-order valence-corrected chi connectivity index (χ0v) is 21.1. The molecule has 0 radical (unpaired) electrons. The van der Waals surface area contributed by atoms with Crippen molar-refractivity contribution < 1.29 is 23.7 Å². The van der Waals surface area contributed by atoms with E-state index in [1.54, 1.807) is 24.3 Å². The minimum atomic E-state index is -1.23. The number of rotatable bonds is 10. The van der Waals surface area contributed by atoms with Gasteiger partial charge >= 0.3 is 0 Å². The highest BCUT2D eigenvalue weighted by Gasteiger charge is 2.22. The Balaban J connectivity index is 2.02. The van der Waals surface area contributed by atoms with Crippen molar-refractivity contribution >= 4 is 36.5 Å². The number of pyridine rings is 1. The topological polar surface area (TPSA) is 71.8 Å². The summed E-state index contributed by atoms with van der Waals surface area (Å²) in [5, 5.41) is 0.362. The number of nitrogens with zero attached hydrogens (tertiary/aromatic N) is 2. The van der Waals surface area contributed by atoms with E-state index in [9.17, 15) is 4.79 Å². The van der Waals surface area contributed by atoms with Gasteiger partial charge in [0.25, 0.3) is 0 Å². The second kappa shape index (κ2) is 9.93. The number of ketones is 1. The maximum Gasteiger partial charge on any atom is 0.209 e. The Bertz CT molecular complexity index is 1100. The minimum Gasteiger partial charge on any atom is -0.493 e. The van der Waals surface area contributed by atoms with Crippen LogP contribution in [0, 0.1) is 0 Å². The fraction of sp³-hybridized carbons (Fsp3) is 0.391. The molecule has 7 nitrogen and oxygen atoms in total. The third-order valence-electron chi connectivity index (χ3n) is 5.10. The number of halogens is 1. The highest BCUT2D eigenvalue weighted by atomic mass is 35.5. The fourth-order valence-corrected chi connectivity index (χ4v) is 4.25. The molecule has 0 atom stereocenters. The lowest BCUT2D eigenvalue weighted by molar-refractivity contribution is 0.0842. The first-order valence-electron chi connectivity index (χ1n) is 10.3. The van der Waals surface area contributed by atoms with Gasteiger partial charge in [-0.15, -0.1) is 0 Å². The first kappa shape index (κ1) is 24.1. The zero-order chi connectivity index (χ0) is 23.5. The first-order valence-corrected chi connectivity index (χ1v) is 14.3. The largest absolute Gasteiger partial charge is 0.493 e. The maximum atomic E-state index is 13.6. The van der Waals surface area contributed by atoms with E-state index in [-0.39, 0.29) is 12.5 Å². The molecular weight excluding hydrogens is 448 g/mol. The molecule has 172 valence electrons. The lowest BCUT2D eigenvalue weighted by atomic mass is 10.1. The minimum absolute atomic E-state index is 0.216. The van der Waals surface area contributed by atoms with Crippen LogP contribution < -0.4 is 14.2 Å². The number of carbonyl (C=O) groups excluding carboxylic acids is 1. The van der Waals surface area contributed by atoms with Crippen LogP contribution in [0.2, 0.25) is 30.8 Å². The third kappa shape index (κ3) is 5.25. The van der Waals surface area contributed by atoms with Gasteiger partial charge in [0, 0.05) is 20.2 Å². The van der Waals surface area contributed by atoms with Crippen LogP contribution >= 0.6 is 11.6 Å². The van der Waals surface area contributed by atoms with Crippen LogP contribution in [-0.2, 0) is 11.5 Å². The van der Waals surface area contributed by atoms with Crippen LogP contribution in [0.5, 0.6) is 17.2 Å². The Kier molecular flexibility index (Phi) is 7.48. The molecule has 2 aromatic heterocycles. The summed E-state index contributed by atoms with van der Waals surface area (Å²) >= 11 is 6.09. The molecular formula is C23H29ClN2O5Si. The Labute approximate surface area is 194 Å². The predicted molar refractivity (Wildman–Crippen MR) is 128 cm³/mol. The summed E-state index contributed by atoms with van der Waals surface area (Å²) in [4.78, 5) is 17.9. The number of fused-ring (bicyclic) bond motifs is 1. The van der Waals surface area contributed by atoms with Gasteiger partial charge in [0.15, 0.2) is 11.5 Å². The summed E-state index contributed by atoms with van der Waals surface area (Å²) in [5.74, 6) is 1.03. The number of benzene rings is 1. The van der Waals surface area contributed by atoms with Gasteiger partial charge in [-0.1, -0.05) is 31.2 Å². The molecule has 0 spiro atoms. The lowest BCUT2D eigenvalue weighted by Crippen LogP contribution is -2.22. The van der Waals surface area contributed by atoms with Crippen molar-refractivity contribution in [3.05, 3.63) is 46.7 Å². The monoisotopic (exact) mass is 476 g/mol. The van der Waals surface area contributed by atoms with Gasteiger partial charge in [-0.2, -0.15) is 0 Å². The van der Waals surface area contributed by atoms with Gasteiger partial charge in [-0.05, 0) is 36.4 Å². The standard InChI is InChI=1S/C23H29ClN2O5Si/c1-28-19-11-15(12-20(29-2)23(19)30-3)22(27)18-13-16-17(7-8-21(24)25-16)26(18)14-31-9-10-32(4,5)6/h7-8,11-13H,9-10,14H2,1-6H3. The molecule has 2 heterocycles. The quantitative estimate of drug-likeness (QED) is 0.172. The molecule has 1 aromatic carbocycles. The van der Waals surface area contributed by atoms with Crippen LogP contribution in [0.15, 0.2) is 30.3 Å². The number of aromatic nitrogens is 2. The van der Waals surface area contributed by atoms with Crippen LogP contribution in [0.1, 0.15) is 16.1 Å². The SMILES string of the molecule is COc1cc(C(=O)c2cc3nc(Cl)ccc3n2COCC[Si](C)(C)C)cc(OC)c1OC. The normalized spacial score (nSPS) is 11.6. The Morgan fingerprint density at radius 3 is 2.25 bits per heavy atom. The molecule has 32 heavy (non-hydrogen) atoms. The van der Waals surface area contributed by atoms with E-state index in [2.05, 4.69) is 24.6 Å². The highest BCUT2D eigenvalue weighted by molar-refractivity contribution is 6.76. The number of ether oxygens (including phenoxy) is 4. The molecule has 0 saturated heterocycles. The van der Waals surface area contributed by atoms with Crippen molar-refractivity contribution in [2.24, 2.45) is 0 Å². The van der Waals surface area contributed by atoms with E-state index in [4.69, 9.17) is 30.5 Å². The van der Waals surface area contributed by atoms with Gasteiger partial charge in [-0.3, -0.25) is 4.79 Å². The summed E-state index contributed by atoms with van der Waals surface area (Å²) < 4.78 is 24.0. The highest BCUT2D eigenvalue weighted by Crippen LogP contribution is 2.39. The third-order valence-corrected chi connectivity index (χ3v) is 7.01. The number of hydrogen-bond donors (Lipinski definition) is 0. The van der Waals surface area contributed by atoms with Gasteiger partial charge in [0.1, 0.15) is 11.9 Å². The second-order valence-electron chi connectivity index (χ2n) is 8.59. The average molecular weight is 477 g/mol. The van der Waals surface area contributed by atoms with E-state index < -0.39 is 8.07 Å². The van der Waals surface area contributed by atoms with Gasteiger partial charge < -0.3 is 23.5 Å². The molecule has 3 rings (SSSR count). The zero-order valence-electron chi connectivity index (χ0n) is 19.3. The molecule has 0 N–H and O–H groups in total. The molecule has 0 amide bonds. The van der Waals surface area contributed by atoms with E-state index in [1.807, 2.05) is 10.6 Å². The fourth-order valence-electron chi connectivity index (χ4n) is 3.34. The summed E-state index contributed by atoms with van der Waals surface area (Å²) in [6, 6.07) is 9.59. The van der Waals surface area contributed by atoms with Crippen molar-refractivity contribution in [3.63, 3.8) is 0 Å². The van der Waals surface area contributed by atoms with Gasteiger partial charge in [-0.25, -0.2) is 4.98 Å². The van der Waals surface area contributed by atoms with E-state index >= 15 is 0 Å². The summed E-state index contributed by atoms with van der Waals surface area (Å²) in [6.07, 6.45) is 0. The molecule has 0 aliphatic rings. The van der Waals surface area contributed by atoms with Crippen LogP contribution in [-0.4, -0.2) is 51.3 Å². The Hall–Kier alpha value is -2.55. The predicted octanol–water partition coefficient (Wildman–Crippen LogP) is 5.26. The Morgan fingerprint density at radius 1 is 1.03 bits per heavy atom. The maximum absolute atomic E-state index is 13.6. The molecule has 9 heteroatoms. The summed E-state index contributed by atoms with van der Waals surface area (Å²) in [7, 11) is 3.32. The second-order valence-corrected chi connectivity index (χ2v) is 14.6. The van der Waals surface area contributed by atoms with Crippen LogP contribution in [0.3, 0.4) is 0 Å². The molecule has 0 aliphatic carbocycles. The van der Waals surface area contributed by atoms with Crippen molar-refractivity contribution in [2.75, 3.05) is 27.9 Å². The summed E-state index contributed by atoms with van der Waals surface area (Å²) in [5.41, 5.74) is 2.24. The summed E-state index contributed by atoms with van der Waals surface area (Å²) in [6.45, 7) is 7.77. The molecule has 0 unspecified atom stereocenters.